The van der Waals surface area contributed by atoms with Crippen molar-refractivity contribution in [3.8, 4) is 0 Å². The Kier molecular flexibility index (Phi) is 6.50. The molecule has 0 aromatic heterocycles. The third-order valence-electron chi connectivity index (χ3n) is 4.82. The number of sulfonamides is 1. The van der Waals surface area contributed by atoms with E-state index in [-0.39, 0.29) is 28.3 Å². The quantitative estimate of drug-likeness (QED) is 0.513. The van der Waals surface area contributed by atoms with E-state index in [9.17, 15) is 22.0 Å². The molecular weight excluding hydrogens is 538 g/mol. The first kappa shape index (κ1) is 23.3. The molecule has 0 radical (unpaired) electrons. The molecule has 2 aromatic rings. The van der Waals surface area contributed by atoms with Crippen molar-refractivity contribution in [1.82, 2.24) is 13.9 Å². The minimum absolute atomic E-state index is 0.0302. The number of rotatable bonds is 6. The number of hydrogen-bond acceptors (Lipinski definition) is 6. The maximum atomic E-state index is 14.0. The normalized spacial score (nSPS) is 14.8. The number of anilines is 1. The van der Waals surface area contributed by atoms with Crippen LogP contribution in [0.15, 0.2) is 76.0 Å². The number of benzene rings is 2. The molecule has 2 aromatic carbocycles. The van der Waals surface area contributed by atoms with E-state index in [2.05, 4.69) is 25.4 Å². The highest BCUT2D eigenvalue weighted by atomic mass is 79.9. The van der Waals surface area contributed by atoms with Crippen molar-refractivity contribution in [1.29, 1.82) is 0 Å². The Hall–Kier alpha value is -2.83. The van der Waals surface area contributed by atoms with Gasteiger partial charge in [0, 0.05) is 42.1 Å². The SMILES string of the molecule is CN(Cc1ccc(F)cc1F)C(=O)c1ccc(Br)cc1NS(=O)(=O)C1=CC=CN2SNC=C12. The molecule has 0 bridgehead atoms. The van der Waals surface area contributed by atoms with Crippen molar-refractivity contribution in [2.24, 2.45) is 0 Å². The van der Waals surface area contributed by atoms with Gasteiger partial charge < -0.3 is 9.62 Å². The summed E-state index contributed by atoms with van der Waals surface area (Å²) in [6.45, 7) is -0.131. The number of fused-ring (bicyclic) bond motifs is 1. The van der Waals surface area contributed by atoms with Gasteiger partial charge >= 0.3 is 0 Å². The van der Waals surface area contributed by atoms with Crippen LogP contribution in [0, 0.1) is 11.6 Å². The summed E-state index contributed by atoms with van der Waals surface area (Å²) in [7, 11) is -2.61. The molecule has 0 saturated carbocycles. The largest absolute Gasteiger partial charge is 0.337 e. The highest BCUT2D eigenvalue weighted by molar-refractivity contribution is 9.10. The van der Waals surface area contributed by atoms with Gasteiger partial charge in [-0.2, -0.15) is 0 Å². The van der Waals surface area contributed by atoms with E-state index in [1.807, 2.05) is 0 Å². The molecule has 2 heterocycles. The van der Waals surface area contributed by atoms with Crippen molar-refractivity contribution in [2.75, 3.05) is 11.8 Å². The Balaban J connectivity index is 1.61. The van der Waals surface area contributed by atoms with Crippen LogP contribution < -0.4 is 9.44 Å². The van der Waals surface area contributed by atoms with Gasteiger partial charge in [0.15, 0.2) is 0 Å². The monoisotopic (exact) mass is 554 g/mol. The standard InChI is InChI=1S/C21H17BrF2N4O3S2/c1-27(12-13-4-6-15(23)10-17(13)24)21(29)16-7-5-14(22)9-18(16)26-33(30,31)20-3-2-8-28-19(20)11-25-32-28/h2-11,25-26H,12H2,1H3. The van der Waals surface area contributed by atoms with Crippen molar-refractivity contribution in [3.63, 3.8) is 0 Å². The maximum Gasteiger partial charge on any atom is 0.264 e. The van der Waals surface area contributed by atoms with E-state index in [1.54, 1.807) is 28.8 Å². The van der Waals surface area contributed by atoms with Crippen LogP contribution in [0.4, 0.5) is 14.5 Å². The summed E-state index contributed by atoms with van der Waals surface area (Å²) in [5.74, 6) is -2.03. The smallest absolute Gasteiger partial charge is 0.264 e. The van der Waals surface area contributed by atoms with Crippen molar-refractivity contribution < 1.29 is 22.0 Å². The van der Waals surface area contributed by atoms with E-state index < -0.39 is 27.6 Å². The molecule has 0 fully saturated rings. The van der Waals surface area contributed by atoms with Gasteiger partial charge in [0.05, 0.1) is 29.1 Å². The number of nitrogens with zero attached hydrogens (tertiary/aromatic N) is 2. The average molecular weight is 555 g/mol. The summed E-state index contributed by atoms with van der Waals surface area (Å²) in [6.07, 6.45) is 6.34. The van der Waals surface area contributed by atoms with Crippen LogP contribution in [-0.2, 0) is 16.6 Å². The molecule has 172 valence electrons. The van der Waals surface area contributed by atoms with E-state index in [0.29, 0.717) is 10.2 Å². The molecule has 1 amide bonds. The third kappa shape index (κ3) is 4.92. The molecule has 2 N–H and O–H groups in total. The minimum atomic E-state index is -4.06. The number of allylic oxidation sites excluding steroid dienone is 2. The van der Waals surface area contributed by atoms with Crippen LogP contribution in [0.1, 0.15) is 15.9 Å². The van der Waals surface area contributed by atoms with E-state index in [4.69, 9.17) is 0 Å². The molecule has 4 rings (SSSR count). The number of hydrogen-bond donors (Lipinski definition) is 2. The molecule has 12 heteroatoms. The first-order valence-electron chi connectivity index (χ1n) is 9.48. The Morgan fingerprint density at radius 3 is 2.79 bits per heavy atom. The number of nitrogens with one attached hydrogen (secondary N) is 2. The van der Waals surface area contributed by atoms with E-state index in [0.717, 1.165) is 12.1 Å². The number of halogens is 3. The number of carbonyl (C=O) groups excluding carboxylic acids is 1. The van der Waals surface area contributed by atoms with Gasteiger partial charge in [-0.05, 0) is 36.4 Å². The van der Waals surface area contributed by atoms with Crippen LogP contribution in [0.3, 0.4) is 0 Å². The lowest BCUT2D eigenvalue weighted by molar-refractivity contribution is 0.0785. The third-order valence-corrected chi connectivity index (χ3v) is 7.47. The maximum absolute atomic E-state index is 14.0. The Labute approximate surface area is 202 Å². The van der Waals surface area contributed by atoms with Gasteiger partial charge in [-0.25, -0.2) is 17.2 Å². The number of carbonyl (C=O) groups is 1. The molecule has 2 aliphatic rings. The van der Waals surface area contributed by atoms with Gasteiger partial charge in [-0.15, -0.1) is 0 Å². The lowest BCUT2D eigenvalue weighted by Crippen LogP contribution is -2.28. The minimum Gasteiger partial charge on any atom is -0.337 e. The molecular formula is C21H17BrF2N4O3S2. The first-order chi connectivity index (χ1) is 15.7. The predicted octanol–water partition coefficient (Wildman–Crippen LogP) is 4.46. The summed E-state index contributed by atoms with van der Waals surface area (Å²) in [4.78, 5) is 14.4. The van der Waals surface area contributed by atoms with Crippen LogP contribution in [0.2, 0.25) is 0 Å². The second kappa shape index (κ2) is 9.20. The Morgan fingerprint density at radius 1 is 1.24 bits per heavy atom. The fourth-order valence-electron chi connectivity index (χ4n) is 3.23. The molecule has 0 saturated heterocycles. The number of amides is 1. The van der Waals surface area contributed by atoms with Crippen molar-refractivity contribution >= 4 is 49.7 Å². The molecule has 0 unspecified atom stereocenters. The molecule has 0 spiro atoms. The Morgan fingerprint density at radius 2 is 2.03 bits per heavy atom. The second-order valence-corrected chi connectivity index (χ2v) is 10.5. The Bertz CT molecular complexity index is 1330. The summed E-state index contributed by atoms with van der Waals surface area (Å²) in [6, 6.07) is 7.65. The zero-order chi connectivity index (χ0) is 23.8. The van der Waals surface area contributed by atoms with Crippen molar-refractivity contribution in [2.45, 2.75) is 6.54 Å². The first-order valence-corrected chi connectivity index (χ1v) is 12.5. The zero-order valence-electron chi connectivity index (χ0n) is 17.1. The summed E-state index contributed by atoms with van der Waals surface area (Å²) in [5.41, 5.74) is 0.705. The van der Waals surface area contributed by atoms with E-state index >= 15 is 0 Å². The van der Waals surface area contributed by atoms with Gasteiger partial charge in [0.2, 0.25) is 0 Å². The highest BCUT2D eigenvalue weighted by Crippen LogP contribution is 2.34. The zero-order valence-corrected chi connectivity index (χ0v) is 20.3. The average Bonchev–Trinajstić information content (AvgIpc) is 3.24. The van der Waals surface area contributed by atoms with Crippen LogP contribution >= 0.6 is 28.1 Å². The molecule has 0 atom stereocenters. The van der Waals surface area contributed by atoms with Crippen LogP contribution in [-0.4, -0.2) is 30.6 Å². The highest BCUT2D eigenvalue weighted by Gasteiger charge is 2.31. The lowest BCUT2D eigenvalue weighted by atomic mass is 10.1. The van der Waals surface area contributed by atoms with Gasteiger partial charge in [-0.1, -0.05) is 22.0 Å². The van der Waals surface area contributed by atoms with Gasteiger partial charge in [0.1, 0.15) is 16.5 Å². The topological polar surface area (TPSA) is 81.8 Å². The van der Waals surface area contributed by atoms with E-state index in [1.165, 1.54) is 48.4 Å². The molecule has 7 nitrogen and oxygen atoms in total. The predicted molar refractivity (Wildman–Crippen MR) is 127 cm³/mol. The summed E-state index contributed by atoms with van der Waals surface area (Å²) in [5, 5.41) is 0. The summed E-state index contributed by atoms with van der Waals surface area (Å²) >= 11 is 4.52. The van der Waals surface area contributed by atoms with Gasteiger partial charge in [0.25, 0.3) is 15.9 Å². The van der Waals surface area contributed by atoms with Gasteiger partial charge in [-0.3, -0.25) is 13.8 Å². The second-order valence-electron chi connectivity index (χ2n) is 7.13. The molecule has 0 aliphatic carbocycles. The van der Waals surface area contributed by atoms with Crippen molar-refractivity contribution in [3.05, 3.63) is 98.8 Å². The fourth-order valence-corrected chi connectivity index (χ4v) is 5.57. The van der Waals surface area contributed by atoms with Crippen LogP contribution in [0.25, 0.3) is 0 Å². The van der Waals surface area contributed by atoms with Crippen LogP contribution in [0.5, 0.6) is 0 Å². The lowest BCUT2D eigenvalue weighted by Gasteiger charge is -2.22. The molecule has 33 heavy (non-hydrogen) atoms. The summed E-state index contributed by atoms with van der Waals surface area (Å²) < 4.78 is 61.2. The molecule has 2 aliphatic heterocycles. The fraction of sp³-hybridized carbons (Fsp3) is 0.0952.